The number of hydrogen-bond donors (Lipinski definition) is 2. The SMILES string of the molecule is O=C(O)c1ccc(-c2ccc(/C=N/Nc3nc(N4CCCCC4)nc(N4CCCCC4)n3)o2)cc1. The molecule has 10 nitrogen and oxygen atoms in total. The van der Waals surface area contributed by atoms with Crippen LogP contribution in [0.15, 0.2) is 45.9 Å². The molecule has 2 aromatic heterocycles. The first-order valence-corrected chi connectivity index (χ1v) is 12.1. The van der Waals surface area contributed by atoms with Crippen LogP contribution in [0.4, 0.5) is 17.8 Å². The number of hydrogen-bond acceptors (Lipinski definition) is 9. The van der Waals surface area contributed by atoms with Crippen LogP contribution in [-0.4, -0.2) is 58.4 Å². The molecule has 3 aromatic rings. The lowest BCUT2D eigenvalue weighted by molar-refractivity contribution is 0.0697. The van der Waals surface area contributed by atoms with Crippen molar-refractivity contribution in [3.05, 3.63) is 47.7 Å². The molecule has 0 spiro atoms. The zero-order chi connectivity index (χ0) is 24.0. The highest BCUT2D eigenvalue weighted by Crippen LogP contribution is 2.24. The molecule has 2 aliphatic heterocycles. The second kappa shape index (κ2) is 10.5. The summed E-state index contributed by atoms with van der Waals surface area (Å²) >= 11 is 0. The number of rotatable bonds is 7. The van der Waals surface area contributed by atoms with Gasteiger partial charge in [-0.2, -0.15) is 20.1 Å². The van der Waals surface area contributed by atoms with Crippen molar-refractivity contribution in [1.82, 2.24) is 15.0 Å². The Kier molecular flexibility index (Phi) is 6.87. The third-order valence-corrected chi connectivity index (χ3v) is 6.29. The number of carbonyl (C=O) groups is 1. The summed E-state index contributed by atoms with van der Waals surface area (Å²) in [5, 5.41) is 13.3. The van der Waals surface area contributed by atoms with Crippen LogP contribution in [0.1, 0.15) is 54.6 Å². The maximum atomic E-state index is 11.0. The maximum Gasteiger partial charge on any atom is 0.335 e. The second-order valence-electron chi connectivity index (χ2n) is 8.81. The molecule has 5 rings (SSSR count). The summed E-state index contributed by atoms with van der Waals surface area (Å²) in [6.07, 6.45) is 8.63. The lowest BCUT2D eigenvalue weighted by Gasteiger charge is -2.30. The Bertz CT molecular complexity index is 1140. The Hall–Kier alpha value is -3.95. The van der Waals surface area contributed by atoms with Gasteiger partial charge in [-0.1, -0.05) is 12.1 Å². The highest BCUT2D eigenvalue weighted by Gasteiger charge is 2.20. The van der Waals surface area contributed by atoms with E-state index in [1.54, 1.807) is 36.5 Å². The fourth-order valence-corrected chi connectivity index (χ4v) is 4.38. The van der Waals surface area contributed by atoms with Crippen molar-refractivity contribution in [2.75, 3.05) is 41.4 Å². The van der Waals surface area contributed by atoms with Gasteiger partial charge >= 0.3 is 5.97 Å². The van der Waals surface area contributed by atoms with Crippen molar-refractivity contribution >= 4 is 30.0 Å². The standard InChI is InChI=1S/C25H29N7O3/c33-22(34)19-9-7-18(8-10-19)21-12-11-20(35-21)17-26-30-23-27-24(31-13-3-1-4-14-31)29-25(28-23)32-15-5-2-6-16-32/h7-12,17H,1-6,13-16H2,(H,33,34)(H,27,28,29,30)/b26-17+. The third-order valence-electron chi connectivity index (χ3n) is 6.29. The van der Waals surface area contributed by atoms with Crippen LogP contribution in [-0.2, 0) is 0 Å². The smallest absolute Gasteiger partial charge is 0.335 e. The quantitative estimate of drug-likeness (QED) is 0.381. The van der Waals surface area contributed by atoms with E-state index in [0.717, 1.165) is 57.4 Å². The molecule has 2 N–H and O–H groups in total. The first-order chi connectivity index (χ1) is 17.2. The van der Waals surface area contributed by atoms with E-state index in [2.05, 4.69) is 30.3 Å². The van der Waals surface area contributed by atoms with Gasteiger partial charge in [0.25, 0.3) is 0 Å². The Morgan fingerprint density at radius 1 is 0.857 bits per heavy atom. The van der Waals surface area contributed by atoms with E-state index >= 15 is 0 Å². The molecule has 10 heteroatoms. The van der Waals surface area contributed by atoms with Gasteiger partial charge in [0.15, 0.2) is 0 Å². The summed E-state index contributed by atoms with van der Waals surface area (Å²) in [7, 11) is 0. The van der Waals surface area contributed by atoms with Gasteiger partial charge < -0.3 is 19.3 Å². The van der Waals surface area contributed by atoms with Crippen LogP contribution < -0.4 is 15.2 Å². The molecule has 0 aliphatic carbocycles. The minimum atomic E-state index is -0.958. The minimum Gasteiger partial charge on any atom is -0.478 e. The molecule has 0 bridgehead atoms. The lowest BCUT2D eigenvalue weighted by Crippen LogP contribution is -2.34. The number of nitrogens with zero attached hydrogens (tertiary/aromatic N) is 6. The Morgan fingerprint density at radius 2 is 1.46 bits per heavy atom. The van der Waals surface area contributed by atoms with E-state index < -0.39 is 5.97 Å². The summed E-state index contributed by atoms with van der Waals surface area (Å²) in [4.78, 5) is 29.5. The van der Waals surface area contributed by atoms with Crippen LogP contribution in [0, 0.1) is 0 Å². The van der Waals surface area contributed by atoms with Crippen LogP contribution >= 0.6 is 0 Å². The van der Waals surface area contributed by atoms with Crippen molar-refractivity contribution in [2.24, 2.45) is 5.10 Å². The molecule has 2 aliphatic rings. The number of carboxylic acids is 1. The largest absolute Gasteiger partial charge is 0.478 e. The number of benzene rings is 1. The topological polar surface area (TPSA) is 120 Å². The molecular formula is C25H29N7O3. The van der Waals surface area contributed by atoms with Gasteiger partial charge in [-0.25, -0.2) is 10.2 Å². The van der Waals surface area contributed by atoms with Gasteiger partial charge in [-0.05, 0) is 62.8 Å². The van der Waals surface area contributed by atoms with Crippen molar-refractivity contribution in [1.29, 1.82) is 0 Å². The number of aromatic carboxylic acids is 1. The number of furan rings is 1. The average molecular weight is 476 g/mol. The summed E-state index contributed by atoms with van der Waals surface area (Å²) in [5.74, 6) is 2.03. The normalized spacial score (nSPS) is 16.6. The molecule has 35 heavy (non-hydrogen) atoms. The van der Waals surface area contributed by atoms with Gasteiger partial charge in [0.1, 0.15) is 11.5 Å². The number of nitrogens with one attached hydrogen (secondary N) is 1. The van der Waals surface area contributed by atoms with E-state index in [4.69, 9.17) is 14.5 Å². The first kappa shape index (κ1) is 22.8. The lowest BCUT2D eigenvalue weighted by atomic mass is 10.1. The Morgan fingerprint density at radius 3 is 2.03 bits per heavy atom. The maximum absolute atomic E-state index is 11.0. The van der Waals surface area contributed by atoms with Gasteiger partial charge in [0.2, 0.25) is 17.8 Å². The molecule has 0 saturated carbocycles. The number of anilines is 3. The van der Waals surface area contributed by atoms with Crippen molar-refractivity contribution in [3.63, 3.8) is 0 Å². The fraction of sp³-hybridized carbons (Fsp3) is 0.400. The van der Waals surface area contributed by atoms with Gasteiger partial charge in [0.05, 0.1) is 11.8 Å². The van der Waals surface area contributed by atoms with Crippen molar-refractivity contribution in [3.8, 4) is 11.3 Å². The van der Waals surface area contributed by atoms with Gasteiger partial charge in [-0.3, -0.25) is 0 Å². The van der Waals surface area contributed by atoms with Crippen LogP contribution in [0.5, 0.6) is 0 Å². The number of hydrazone groups is 1. The second-order valence-corrected chi connectivity index (χ2v) is 8.81. The predicted molar refractivity (Wildman–Crippen MR) is 134 cm³/mol. The van der Waals surface area contributed by atoms with E-state index in [1.165, 1.54) is 12.8 Å². The molecule has 2 fully saturated rings. The average Bonchev–Trinajstić information content (AvgIpc) is 3.38. The molecule has 0 radical (unpaired) electrons. The molecule has 4 heterocycles. The number of carboxylic acid groups (broad SMARTS) is 1. The minimum absolute atomic E-state index is 0.233. The van der Waals surface area contributed by atoms with Crippen molar-refractivity contribution in [2.45, 2.75) is 38.5 Å². The first-order valence-electron chi connectivity index (χ1n) is 12.1. The fourth-order valence-electron chi connectivity index (χ4n) is 4.38. The Labute approximate surface area is 203 Å². The molecule has 1 aromatic carbocycles. The van der Waals surface area contributed by atoms with Crippen LogP contribution in [0.25, 0.3) is 11.3 Å². The van der Waals surface area contributed by atoms with Crippen LogP contribution in [0.2, 0.25) is 0 Å². The third kappa shape index (κ3) is 5.59. The monoisotopic (exact) mass is 475 g/mol. The highest BCUT2D eigenvalue weighted by atomic mass is 16.4. The molecule has 2 saturated heterocycles. The predicted octanol–water partition coefficient (Wildman–Crippen LogP) is 4.26. The zero-order valence-corrected chi connectivity index (χ0v) is 19.6. The number of aromatic nitrogens is 3. The van der Waals surface area contributed by atoms with Crippen LogP contribution in [0.3, 0.4) is 0 Å². The summed E-state index contributed by atoms with van der Waals surface area (Å²) in [6, 6.07) is 10.2. The van der Waals surface area contributed by atoms with E-state index in [-0.39, 0.29) is 5.56 Å². The zero-order valence-electron chi connectivity index (χ0n) is 19.6. The van der Waals surface area contributed by atoms with Crippen molar-refractivity contribution < 1.29 is 14.3 Å². The molecular weight excluding hydrogens is 446 g/mol. The molecule has 182 valence electrons. The van der Waals surface area contributed by atoms with E-state index in [9.17, 15) is 4.79 Å². The highest BCUT2D eigenvalue weighted by molar-refractivity contribution is 5.88. The molecule has 0 atom stereocenters. The van der Waals surface area contributed by atoms with E-state index in [0.29, 0.717) is 29.4 Å². The summed E-state index contributed by atoms with van der Waals surface area (Å²) < 4.78 is 5.84. The summed E-state index contributed by atoms with van der Waals surface area (Å²) in [6.45, 7) is 3.81. The van der Waals surface area contributed by atoms with Gasteiger partial charge in [0, 0.05) is 31.7 Å². The van der Waals surface area contributed by atoms with E-state index in [1.807, 2.05) is 6.07 Å². The molecule has 0 unspecified atom stereocenters. The van der Waals surface area contributed by atoms with Gasteiger partial charge in [-0.15, -0.1) is 0 Å². The summed E-state index contributed by atoms with van der Waals surface area (Å²) in [5.41, 5.74) is 3.97. The number of piperidine rings is 2. The Balaban J connectivity index is 1.31. The molecule has 0 amide bonds.